The number of rotatable bonds is 8. The summed E-state index contributed by atoms with van der Waals surface area (Å²) in [5, 5.41) is 2.64. The zero-order valence-corrected chi connectivity index (χ0v) is 11.8. The molecule has 4 heteroatoms. The summed E-state index contributed by atoms with van der Waals surface area (Å²) in [6, 6.07) is 7.78. The van der Waals surface area contributed by atoms with Gasteiger partial charge in [-0.15, -0.1) is 6.42 Å². The van der Waals surface area contributed by atoms with Crippen LogP contribution >= 0.6 is 0 Å². The van der Waals surface area contributed by atoms with Crippen molar-refractivity contribution in [3.8, 4) is 18.1 Å². The number of benzene rings is 1. The maximum absolute atomic E-state index is 11.5. The fourth-order valence-electron chi connectivity index (χ4n) is 1.66. The van der Waals surface area contributed by atoms with Gasteiger partial charge < -0.3 is 10.1 Å². The highest BCUT2D eigenvalue weighted by molar-refractivity contribution is 5.78. The summed E-state index contributed by atoms with van der Waals surface area (Å²) >= 11 is 0. The van der Waals surface area contributed by atoms with Gasteiger partial charge in [-0.3, -0.25) is 9.69 Å². The van der Waals surface area contributed by atoms with E-state index in [0.717, 1.165) is 11.3 Å². The second kappa shape index (κ2) is 8.78. The molecular weight excluding hydrogens is 252 g/mol. The van der Waals surface area contributed by atoms with Crippen LogP contribution in [0.5, 0.6) is 5.75 Å². The number of amides is 1. The monoisotopic (exact) mass is 272 g/mol. The number of nitrogens with one attached hydrogen (secondary N) is 1. The van der Waals surface area contributed by atoms with Gasteiger partial charge in [0.2, 0.25) is 5.91 Å². The SMILES string of the molecule is C#CCNC(=O)CN(C)Cc1ccc(OCC=C)cc1. The van der Waals surface area contributed by atoms with Crippen molar-refractivity contribution in [2.75, 3.05) is 26.7 Å². The molecule has 0 unspecified atom stereocenters. The molecule has 0 atom stereocenters. The Bertz CT molecular complexity index is 474. The maximum atomic E-state index is 11.5. The third kappa shape index (κ3) is 6.07. The van der Waals surface area contributed by atoms with Crippen molar-refractivity contribution in [2.45, 2.75) is 6.54 Å². The molecule has 0 aliphatic rings. The predicted molar refractivity (Wildman–Crippen MR) is 80.3 cm³/mol. The number of hydrogen-bond acceptors (Lipinski definition) is 3. The van der Waals surface area contributed by atoms with E-state index in [0.29, 0.717) is 19.7 Å². The van der Waals surface area contributed by atoms with Crippen LogP contribution in [0, 0.1) is 12.3 Å². The van der Waals surface area contributed by atoms with Gasteiger partial charge in [-0.1, -0.05) is 30.7 Å². The van der Waals surface area contributed by atoms with Crippen LogP contribution < -0.4 is 10.1 Å². The van der Waals surface area contributed by atoms with Crippen LogP contribution in [0.2, 0.25) is 0 Å². The Kier molecular flexibility index (Phi) is 6.94. The van der Waals surface area contributed by atoms with E-state index in [-0.39, 0.29) is 12.5 Å². The highest BCUT2D eigenvalue weighted by atomic mass is 16.5. The molecule has 0 radical (unpaired) electrons. The summed E-state index contributed by atoms with van der Waals surface area (Å²) in [5.74, 6) is 3.11. The first-order valence-corrected chi connectivity index (χ1v) is 6.37. The van der Waals surface area contributed by atoms with Gasteiger partial charge in [-0.05, 0) is 24.7 Å². The predicted octanol–water partition coefficient (Wildman–Crippen LogP) is 1.43. The Morgan fingerprint density at radius 2 is 2.20 bits per heavy atom. The minimum absolute atomic E-state index is 0.0728. The molecule has 0 aliphatic heterocycles. The van der Waals surface area contributed by atoms with Gasteiger partial charge >= 0.3 is 0 Å². The standard InChI is InChI=1S/C16H20N2O2/c1-4-10-17-16(19)13-18(3)12-14-6-8-15(9-7-14)20-11-5-2/h1,5-9H,2,10-13H2,3H3,(H,17,19). The van der Waals surface area contributed by atoms with E-state index in [1.807, 2.05) is 36.2 Å². The highest BCUT2D eigenvalue weighted by Crippen LogP contribution is 2.13. The Labute approximate surface area is 120 Å². The lowest BCUT2D eigenvalue weighted by atomic mass is 10.2. The Hall–Kier alpha value is -2.25. The third-order valence-corrected chi connectivity index (χ3v) is 2.54. The van der Waals surface area contributed by atoms with E-state index in [4.69, 9.17) is 11.2 Å². The lowest BCUT2D eigenvalue weighted by Gasteiger charge is -2.16. The maximum Gasteiger partial charge on any atom is 0.234 e. The topological polar surface area (TPSA) is 41.6 Å². The highest BCUT2D eigenvalue weighted by Gasteiger charge is 2.06. The van der Waals surface area contributed by atoms with Crippen molar-refractivity contribution >= 4 is 5.91 Å². The van der Waals surface area contributed by atoms with Gasteiger partial charge in [0, 0.05) is 6.54 Å². The van der Waals surface area contributed by atoms with Crippen LogP contribution in [0.3, 0.4) is 0 Å². The molecule has 106 valence electrons. The normalized spacial score (nSPS) is 9.85. The summed E-state index contributed by atoms with van der Waals surface area (Å²) in [6.45, 7) is 5.36. The molecule has 0 saturated heterocycles. The molecule has 0 aromatic heterocycles. The third-order valence-electron chi connectivity index (χ3n) is 2.54. The van der Waals surface area contributed by atoms with Crippen molar-refractivity contribution in [1.29, 1.82) is 0 Å². The smallest absolute Gasteiger partial charge is 0.234 e. The van der Waals surface area contributed by atoms with Crippen LogP contribution in [0.15, 0.2) is 36.9 Å². The first-order valence-electron chi connectivity index (χ1n) is 6.37. The Morgan fingerprint density at radius 3 is 2.80 bits per heavy atom. The summed E-state index contributed by atoms with van der Waals surface area (Å²) in [7, 11) is 1.89. The minimum atomic E-state index is -0.0728. The van der Waals surface area contributed by atoms with Crippen LogP contribution in [-0.4, -0.2) is 37.6 Å². The van der Waals surface area contributed by atoms with Crippen LogP contribution in [-0.2, 0) is 11.3 Å². The molecule has 1 aromatic rings. The van der Waals surface area contributed by atoms with Crippen molar-refractivity contribution < 1.29 is 9.53 Å². The van der Waals surface area contributed by atoms with Crippen molar-refractivity contribution in [1.82, 2.24) is 10.2 Å². The molecule has 0 bridgehead atoms. The molecule has 0 spiro atoms. The first-order chi connectivity index (χ1) is 9.65. The number of ether oxygens (including phenoxy) is 1. The van der Waals surface area contributed by atoms with Gasteiger partial charge in [0.15, 0.2) is 0 Å². The van der Waals surface area contributed by atoms with Gasteiger partial charge in [-0.2, -0.15) is 0 Å². The molecule has 4 nitrogen and oxygen atoms in total. The fourth-order valence-corrected chi connectivity index (χ4v) is 1.66. The summed E-state index contributed by atoms with van der Waals surface area (Å²) < 4.78 is 5.41. The van der Waals surface area contributed by atoms with E-state index in [9.17, 15) is 4.79 Å². The zero-order valence-electron chi connectivity index (χ0n) is 11.8. The number of likely N-dealkylation sites (N-methyl/N-ethyl adjacent to an activating group) is 1. The Balaban J connectivity index is 2.41. The van der Waals surface area contributed by atoms with Crippen LogP contribution in [0.25, 0.3) is 0 Å². The molecule has 1 amide bonds. The summed E-state index contributed by atoms with van der Waals surface area (Å²) in [6.07, 6.45) is 6.79. The van der Waals surface area contributed by atoms with Gasteiger partial charge in [0.1, 0.15) is 12.4 Å². The first kappa shape index (κ1) is 15.8. The van der Waals surface area contributed by atoms with E-state index in [1.165, 1.54) is 0 Å². The molecule has 0 heterocycles. The average molecular weight is 272 g/mol. The molecule has 0 saturated carbocycles. The lowest BCUT2D eigenvalue weighted by Crippen LogP contribution is -2.34. The lowest BCUT2D eigenvalue weighted by molar-refractivity contribution is -0.121. The zero-order chi connectivity index (χ0) is 14.8. The number of nitrogens with zero attached hydrogens (tertiary/aromatic N) is 1. The van der Waals surface area contributed by atoms with Crippen molar-refractivity contribution in [3.63, 3.8) is 0 Å². The summed E-state index contributed by atoms with van der Waals surface area (Å²) in [4.78, 5) is 13.4. The Morgan fingerprint density at radius 1 is 1.50 bits per heavy atom. The van der Waals surface area contributed by atoms with E-state index >= 15 is 0 Å². The molecule has 0 fully saturated rings. The average Bonchev–Trinajstić information content (AvgIpc) is 2.44. The number of terminal acetylenes is 1. The van der Waals surface area contributed by atoms with Gasteiger partial charge in [0.25, 0.3) is 0 Å². The molecule has 1 N–H and O–H groups in total. The van der Waals surface area contributed by atoms with Gasteiger partial charge in [0.05, 0.1) is 13.1 Å². The largest absolute Gasteiger partial charge is 0.490 e. The molecule has 1 aromatic carbocycles. The van der Waals surface area contributed by atoms with Crippen molar-refractivity contribution in [2.24, 2.45) is 0 Å². The number of hydrogen-bond donors (Lipinski definition) is 1. The number of carbonyl (C=O) groups excluding carboxylic acids is 1. The van der Waals surface area contributed by atoms with E-state index in [1.54, 1.807) is 6.08 Å². The van der Waals surface area contributed by atoms with E-state index in [2.05, 4.69) is 17.8 Å². The van der Waals surface area contributed by atoms with Crippen molar-refractivity contribution in [3.05, 3.63) is 42.5 Å². The molecule has 0 aliphatic carbocycles. The van der Waals surface area contributed by atoms with Gasteiger partial charge in [-0.25, -0.2) is 0 Å². The van der Waals surface area contributed by atoms with E-state index < -0.39 is 0 Å². The molecular formula is C16H20N2O2. The minimum Gasteiger partial charge on any atom is -0.490 e. The quantitative estimate of drug-likeness (QED) is 0.575. The summed E-state index contributed by atoms with van der Waals surface area (Å²) in [5.41, 5.74) is 1.11. The fraction of sp³-hybridized carbons (Fsp3) is 0.312. The second-order valence-corrected chi connectivity index (χ2v) is 4.40. The second-order valence-electron chi connectivity index (χ2n) is 4.40. The van der Waals surface area contributed by atoms with Crippen LogP contribution in [0.1, 0.15) is 5.56 Å². The molecule has 20 heavy (non-hydrogen) atoms. The molecule has 1 rings (SSSR count). The van der Waals surface area contributed by atoms with Crippen LogP contribution in [0.4, 0.5) is 0 Å². The number of carbonyl (C=O) groups is 1.